The molecule has 0 saturated heterocycles. The van der Waals surface area contributed by atoms with E-state index < -0.39 is 11.7 Å². The predicted molar refractivity (Wildman–Crippen MR) is 65.0 cm³/mol. The van der Waals surface area contributed by atoms with Crippen molar-refractivity contribution >= 4 is 5.90 Å². The lowest BCUT2D eigenvalue weighted by Crippen LogP contribution is -2.16. The van der Waals surface area contributed by atoms with Gasteiger partial charge in [0.25, 0.3) is 0 Å². The molecule has 1 aromatic rings. The van der Waals surface area contributed by atoms with Gasteiger partial charge in [-0.15, -0.1) is 0 Å². The molecule has 104 valence electrons. The second-order valence-corrected chi connectivity index (χ2v) is 4.63. The summed E-state index contributed by atoms with van der Waals surface area (Å²) in [6.45, 7) is 4.60. The van der Waals surface area contributed by atoms with Crippen LogP contribution in [0.3, 0.4) is 0 Å². The molecule has 6 heteroatoms. The van der Waals surface area contributed by atoms with E-state index in [-0.39, 0.29) is 6.04 Å². The van der Waals surface area contributed by atoms with Crippen LogP contribution in [0.25, 0.3) is 0 Å². The van der Waals surface area contributed by atoms with Crippen LogP contribution < -0.4 is 0 Å². The van der Waals surface area contributed by atoms with E-state index in [0.29, 0.717) is 24.1 Å². The smallest absolute Gasteiger partial charge is 0.417 e. The molecule has 0 aliphatic carbocycles. The van der Waals surface area contributed by atoms with Crippen LogP contribution in [0.5, 0.6) is 0 Å². The molecule has 0 aromatic carbocycles. The number of rotatable bonds is 3. The number of hydrogen-bond donors (Lipinski definition) is 0. The zero-order chi connectivity index (χ0) is 14.0. The van der Waals surface area contributed by atoms with Gasteiger partial charge in [0.15, 0.2) is 0 Å². The van der Waals surface area contributed by atoms with Crippen molar-refractivity contribution in [2.75, 3.05) is 6.61 Å². The molecule has 0 N–H and O–H groups in total. The third-order valence-electron chi connectivity index (χ3n) is 3.28. The first kappa shape index (κ1) is 13.8. The maximum Gasteiger partial charge on any atom is 0.417 e. The Bertz CT molecular complexity index is 468. The van der Waals surface area contributed by atoms with Gasteiger partial charge in [-0.25, -0.2) is 4.99 Å². The van der Waals surface area contributed by atoms with Gasteiger partial charge in [-0.05, 0) is 18.1 Å². The van der Waals surface area contributed by atoms with Crippen LogP contribution in [0.2, 0.25) is 0 Å². The number of hydrogen-bond acceptors (Lipinski definition) is 3. The number of aromatic nitrogens is 1. The molecule has 2 rings (SSSR count). The van der Waals surface area contributed by atoms with E-state index in [1.54, 1.807) is 0 Å². The Balaban J connectivity index is 2.16. The van der Waals surface area contributed by atoms with E-state index >= 15 is 0 Å². The number of nitrogens with zero attached hydrogens (tertiary/aromatic N) is 2. The zero-order valence-corrected chi connectivity index (χ0v) is 10.7. The topological polar surface area (TPSA) is 34.5 Å². The van der Waals surface area contributed by atoms with E-state index in [1.165, 1.54) is 6.07 Å². The average Bonchev–Trinajstić information content (AvgIpc) is 2.86. The highest BCUT2D eigenvalue weighted by atomic mass is 19.4. The summed E-state index contributed by atoms with van der Waals surface area (Å²) in [5, 5.41) is 0. The van der Waals surface area contributed by atoms with Gasteiger partial charge in [-0.2, -0.15) is 13.2 Å². The van der Waals surface area contributed by atoms with E-state index in [9.17, 15) is 13.2 Å². The summed E-state index contributed by atoms with van der Waals surface area (Å²) in [5.74, 6) is 0.714. The maximum absolute atomic E-state index is 12.4. The summed E-state index contributed by atoms with van der Waals surface area (Å²) in [7, 11) is 0. The lowest BCUT2D eigenvalue weighted by atomic mass is 10.0. The van der Waals surface area contributed by atoms with Gasteiger partial charge in [0.1, 0.15) is 12.3 Å². The minimum absolute atomic E-state index is 0.0593. The normalized spacial score (nSPS) is 20.9. The standard InChI is InChI=1S/C13H15F3N2O/c1-3-8(2)11-7-19-12(18-11)10-5-4-9(6-17-10)13(14,15)16/h4-6,8,11H,3,7H2,1-2H3/t8-,11+/m0/s1. The van der Waals surface area contributed by atoms with Crippen LogP contribution in [0.4, 0.5) is 13.2 Å². The Kier molecular flexibility index (Phi) is 3.78. The van der Waals surface area contributed by atoms with Crippen LogP contribution in [0, 0.1) is 5.92 Å². The van der Waals surface area contributed by atoms with Gasteiger partial charge >= 0.3 is 6.18 Å². The molecule has 0 spiro atoms. The van der Waals surface area contributed by atoms with Crippen molar-refractivity contribution in [3.8, 4) is 0 Å². The Hall–Kier alpha value is -1.59. The zero-order valence-electron chi connectivity index (χ0n) is 10.7. The summed E-state index contributed by atoms with van der Waals surface area (Å²) in [6, 6.07) is 2.34. The van der Waals surface area contributed by atoms with E-state index in [2.05, 4.69) is 23.8 Å². The number of alkyl halides is 3. The second kappa shape index (κ2) is 5.19. The molecule has 1 aliphatic heterocycles. The molecule has 1 aliphatic rings. The van der Waals surface area contributed by atoms with Crippen molar-refractivity contribution in [2.24, 2.45) is 10.9 Å². The number of pyridine rings is 1. The van der Waals surface area contributed by atoms with Crippen molar-refractivity contribution in [3.05, 3.63) is 29.6 Å². The fraction of sp³-hybridized carbons (Fsp3) is 0.538. The van der Waals surface area contributed by atoms with Crippen molar-refractivity contribution in [2.45, 2.75) is 32.5 Å². The summed E-state index contributed by atoms with van der Waals surface area (Å²) in [6.07, 6.45) is -2.59. The number of aliphatic imine (C=N–C) groups is 1. The predicted octanol–water partition coefficient (Wildman–Crippen LogP) is 3.29. The fourth-order valence-electron chi connectivity index (χ4n) is 1.78. The Morgan fingerprint density at radius 2 is 2.16 bits per heavy atom. The van der Waals surface area contributed by atoms with Crippen molar-refractivity contribution in [1.29, 1.82) is 0 Å². The molecular weight excluding hydrogens is 257 g/mol. The fourth-order valence-corrected chi connectivity index (χ4v) is 1.78. The van der Waals surface area contributed by atoms with Gasteiger partial charge in [-0.3, -0.25) is 4.98 Å². The summed E-state index contributed by atoms with van der Waals surface area (Å²) in [4.78, 5) is 8.14. The molecule has 0 bridgehead atoms. The van der Waals surface area contributed by atoms with Gasteiger partial charge in [0.05, 0.1) is 11.6 Å². The number of halogens is 3. The van der Waals surface area contributed by atoms with Crippen molar-refractivity contribution in [1.82, 2.24) is 4.98 Å². The molecule has 19 heavy (non-hydrogen) atoms. The molecule has 0 saturated carbocycles. The van der Waals surface area contributed by atoms with Crippen LogP contribution >= 0.6 is 0 Å². The lowest BCUT2D eigenvalue weighted by molar-refractivity contribution is -0.137. The van der Waals surface area contributed by atoms with Crippen LogP contribution in [-0.2, 0) is 10.9 Å². The van der Waals surface area contributed by atoms with Crippen molar-refractivity contribution in [3.63, 3.8) is 0 Å². The van der Waals surface area contributed by atoms with E-state index in [1.807, 2.05) is 0 Å². The first-order valence-corrected chi connectivity index (χ1v) is 6.16. The SMILES string of the molecule is CC[C@H](C)[C@H]1COC(c2ccc(C(F)(F)F)cn2)=N1. The third kappa shape index (κ3) is 3.05. The highest BCUT2D eigenvalue weighted by Crippen LogP contribution is 2.28. The van der Waals surface area contributed by atoms with Crippen LogP contribution in [0.1, 0.15) is 31.5 Å². The molecule has 3 nitrogen and oxygen atoms in total. The van der Waals surface area contributed by atoms with Crippen LogP contribution in [-0.4, -0.2) is 23.5 Å². The Morgan fingerprint density at radius 3 is 2.68 bits per heavy atom. The number of ether oxygens (including phenoxy) is 1. The molecule has 0 radical (unpaired) electrons. The summed E-state index contributed by atoms with van der Waals surface area (Å²) < 4.78 is 42.6. The Labute approximate surface area is 109 Å². The minimum Gasteiger partial charge on any atom is -0.474 e. The molecule has 2 atom stereocenters. The molecule has 0 amide bonds. The van der Waals surface area contributed by atoms with Gasteiger partial charge in [0, 0.05) is 6.20 Å². The Morgan fingerprint density at radius 1 is 1.42 bits per heavy atom. The van der Waals surface area contributed by atoms with Gasteiger partial charge in [-0.1, -0.05) is 20.3 Å². The van der Waals surface area contributed by atoms with Gasteiger partial charge < -0.3 is 4.74 Å². The van der Waals surface area contributed by atoms with Crippen molar-refractivity contribution < 1.29 is 17.9 Å². The molecule has 0 fully saturated rings. The summed E-state index contributed by atoms with van der Waals surface area (Å²) >= 11 is 0. The monoisotopic (exact) mass is 272 g/mol. The first-order chi connectivity index (χ1) is 8.91. The third-order valence-corrected chi connectivity index (χ3v) is 3.28. The molecule has 0 unspecified atom stereocenters. The second-order valence-electron chi connectivity index (χ2n) is 4.63. The van der Waals surface area contributed by atoms with E-state index in [0.717, 1.165) is 18.7 Å². The van der Waals surface area contributed by atoms with Crippen LogP contribution in [0.15, 0.2) is 23.3 Å². The quantitative estimate of drug-likeness (QED) is 0.846. The maximum atomic E-state index is 12.4. The van der Waals surface area contributed by atoms with Gasteiger partial charge in [0.2, 0.25) is 5.90 Å². The highest BCUT2D eigenvalue weighted by Gasteiger charge is 2.31. The molecular formula is C13H15F3N2O. The molecule has 1 aromatic heterocycles. The average molecular weight is 272 g/mol. The first-order valence-electron chi connectivity index (χ1n) is 6.16. The summed E-state index contributed by atoms with van der Waals surface area (Å²) in [5.41, 5.74) is -0.424. The minimum atomic E-state index is -4.37. The largest absolute Gasteiger partial charge is 0.474 e. The molecule has 2 heterocycles. The lowest BCUT2D eigenvalue weighted by Gasteiger charge is -2.11. The highest BCUT2D eigenvalue weighted by molar-refractivity contribution is 5.93. The van der Waals surface area contributed by atoms with E-state index in [4.69, 9.17) is 4.74 Å².